The number of rotatable bonds is 5. The topological polar surface area (TPSA) is 52.4 Å². The lowest BCUT2D eigenvalue weighted by Gasteiger charge is -2.15. The molecule has 0 spiro atoms. The lowest BCUT2D eigenvalue weighted by Crippen LogP contribution is -2.14. The van der Waals surface area contributed by atoms with Crippen molar-refractivity contribution in [1.82, 2.24) is 0 Å². The summed E-state index contributed by atoms with van der Waals surface area (Å²) in [7, 11) is 0. The Hall–Kier alpha value is -1.58. The van der Waals surface area contributed by atoms with E-state index < -0.39 is 4.92 Å². The van der Waals surface area contributed by atoms with Crippen LogP contribution in [0.15, 0.2) is 24.3 Å². The van der Waals surface area contributed by atoms with E-state index in [0.29, 0.717) is 5.75 Å². The molecule has 0 saturated carbocycles. The van der Waals surface area contributed by atoms with Crippen LogP contribution >= 0.6 is 0 Å². The van der Waals surface area contributed by atoms with Gasteiger partial charge in [0.1, 0.15) is 0 Å². The third-order valence-corrected chi connectivity index (χ3v) is 2.27. The van der Waals surface area contributed by atoms with Gasteiger partial charge in [0.25, 0.3) is 0 Å². The second kappa shape index (κ2) is 5.34. The minimum Gasteiger partial charge on any atom is -0.484 e. The molecule has 0 atom stereocenters. The number of ether oxygens (including phenoxy) is 1. The average molecular weight is 209 g/mol. The van der Waals surface area contributed by atoms with Crippen LogP contribution in [0.5, 0.6) is 5.75 Å². The SMILES string of the molecule is CCC(CC)Oc1ccccc1[N+](=O)[O-]. The molecule has 0 aliphatic carbocycles. The van der Waals surface area contributed by atoms with Gasteiger partial charge in [-0.3, -0.25) is 10.1 Å². The predicted octanol–water partition coefficient (Wildman–Crippen LogP) is 3.16. The normalized spacial score (nSPS) is 10.3. The van der Waals surface area contributed by atoms with Crippen molar-refractivity contribution < 1.29 is 9.66 Å². The standard InChI is InChI=1S/C11H15NO3/c1-3-9(4-2)15-11-8-6-5-7-10(11)12(13)14/h5-9H,3-4H2,1-2H3. The molecule has 1 aromatic rings. The molecular formula is C11H15NO3. The number of nitrogens with zero attached hydrogens (tertiary/aromatic N) is 1. The molecule has 0 aliphatic heterocycles. The highest BCUT2D eigenvalue weighted by atomic mass is 16.6. The highest BCUT2D eigenvalue weighted by Crippen LogP contribution is 2.27. The van der Waals surface area contributed by atoms with Gasteiger partial charge in [-0.2, -0.15) is 0 Å². The molecule has 0 bridgehead atoms. The first-order chi connectivity index (χ1) is 7.19. The van der Waals surface area contributed by atoms with Crippen molar-refractivity contribution in [2.24, 2.45) is 0 Å². The van der Waals surface area contributed by atoms with E-state index in [1.54, 1.807) is 18.2 Å². The van der Waals surface area contributed by atoms with E-state index in [4.69, 9.17) is 4.74 Å². The highest BCUT2D eigenvalue weighted by molar-refractivity contribution is 5.45. The van der Waals surface area contributed by atoms with Crippen molar-refractivity contribution in [2.75, 3.05) is 0 Å². The molecule has 82 valence electrons. The zero-order chi connectivity index (χ0) is 11.3. The van der Waals surface area contributed by atoms with E-state index in [2.05, 4.69) is 0 Å². The summed E-state index contributed by atoms with van der Waals surface area (Å²) in [5.74, 6) is 0.358. The molecular weight excluding hydrogens is 194 g/mol. The quantitative estimate of drug-likeness (QED) is 0.552. The molecule has 15 heavy (non-hydrogen) atoms. The van der Waals surface area contributed by atoms with Gasteiger partial charge in [-0.05, 0) is 18.9 Å². The minimum atomic E-state index is -0.419. The first-order valence-corrected chi connectivity index (χ1v) is 5.09. The van der Waals surface area contributed by atoms with Crippen molar-refractivity contribution in [3.05, 3.63) is 34.4 Å². The Morgan fingerprint density at radius 2 is 1.93 bits per heavy atom. The molecule has 1 aromatic carbocycles. The van der Waals surface area contributed by atoms with Crippen LogP contribution in [0.3, 0.4) is 0 Å². The molecule has 0 radical (unpaired) electrons. The summed E-state index contributed by atoms with van der Waals surface area (Å²) in [6, 6.07) is 6.47. The molecule has 0 N–H and O–H groups in total. The van der Waals surface area contributed by atoms with E-state index in [1.165, 1.54) is 6.07 Å². The summed E-state index contributed by atoms with van der Waals surface area (Å²) in [5.41, 5.74) is 0.0319. The molecule has 0 amide bonds. The fourth-order valence-corrected chi connectivity index (χ4v) is 1.34. The molecule has 0 aromatic heterocycles. The van der Waals surface area contributed by atoms with Gasteiger partial charge < -0.3 is 4.74 Å². The van der Waals surface area contributed by atoms with Gasteiger partial charge in [0.05, 0.1) is 11.0 Å². The fourth-order valence-electron chi connectivity index (χ4n) is 1.34. The van der Waals surface area contributed by atoms with Crippen molar-refractivity contribution in [1.29, 1.82) is 0 Å². The van der Waals surface area contributed by atoms with Crippen molar-refractivity contribution in [3.63, 3.8) is 0 Å². The van der Waals surface area contributed by atoms with Gasteiger partial charge >= 0.3 is 5.69 Å². The number of nitro benzene ring substituents is 1. The van der Waals surface area contributed by atoms with Crippen LogP contribution in [0.4, 0.5) is 5.69 Å². The Balaban J connectivity index is 2.88. The van der Waals surface area contributed by atoms with Crippen molar-refractivity contribution in [3.8, 4) is 5.75 Å². The van der Waals surface area contributed by atoms with Crippen molar-refractivity contribution in [2.45, 2.75) is 32.8 Å². The fraction of sp³-hybridized carbons (Fsp3) is 0.455. The maximum Gasteiger partial charge on any atom is 0.310 e. The Morgan fingerprint density at radius 3 is 2.47 bits per heavy atom. The smallest absolute Gasteiger partial charge is 0.310 e. The van der Waals surface area contributed by atoms with Crippen LogP contribution in [0, 0.1) is 10.1 Å². The van der Waals surface area contributed by atoms with E-state index in [9.17, 15) is 10.1 Å². The van der Waals surface area contributed by atoms with Crippen LogP contribution in [0.25, 0.3) is 0 Å². The van der Waals surface area contributed by atoms with Crippen LogP contribution in [-0.2, 0) is 0 Å². The minimum absolute atomic E-state index is 0.0319. The van der Waals surface area contributed by atoms with Crippen LogP contribution in [0.1, 0.15) is 26.7 Å². The Labute approximate surface area is 89.0 Å². The highest BCUT2D eigenvalue weighted by Gasteiger charge is 2.16. The molecule has 1 rings (SSSR count). The molecule has 0 aliphatic rings. The summed E-state index contributed by atoms with van der Waals surface area (Å²) < 4.78 is 5.56. The number of benzene rings is 1. The third kappa shape index (κ3) is 2.94. The van der Waals surface area contributed by atoms with Gasteiger partial charge in [0.2, 0.25) is 0 Å². The predicted molar refractivity (Wildman–Crippen MR) is 58.1 cm³/mol. The number of nitro groups is 1. The summed E-state index contributed by atoms with van der Waals surface area (Å²) >= 11 is 0. The lowest BCUT2D eigenvalue weighted by molar-refractivity contribution is -0.386. The van der Waals surface area contributed by atoms with Crippen LogP contribution in [-0.4, -0.2) is 11.0 Å². The number of hydrogen-bond acceptors (Lipinski definition) is 3. The Kier molecular flexibility index (Phi) is 4.09. The lowest BCUT2D eigenvalue weighted by atomic mass is 10.2. The molecule has 4 nitrogen and oxygen atoms in total. The second-order valence-corrected chi connectivity index (χ2v) is 3.28. The summed E-state index contributed by atoms with van der Waals surface area (Å²) in [6.45, 7) is 4.01. The van der Waals surface area contributed by atoms with Crippen LogP contribution < -0.4 is 4.74 Å². The molecule has 0 saturated heterocycles. The third-order valence-electron chi connectivity index (χ3n) is 2.27. The van der Waals surface area contributed by atoms with E-state index in [0.717, 1.165) is 12.8 Å². The second-order valence-electron chi connectivity index (χ2n) is 3.28. The first-order valence-electron chi connectivity index (χ1n) is 5.09. The van der Waals surface area contributed by atoms with Gasteiger partial charge in [-0.25, -0.2) is 0 Å². The number of para-hydroxylation sites is 2. The Bertz CT molecular complexity index is 334. The van der Waals surface area contributed by atoms with Gasteiger partial charge in [-0.1, -0.05) is 26.0 Å². The maximum atomic E-state index is 10.7. The van der Waals surface area contributed by atoms with E-state index >= 15 is 0 Å². The monoisotopic (exact) mass is 209 g/mol. The van der Waals surface area contributed by atoms with E-state index in [1.807, 2.05) is 13.8 Å². The summed E-state index contributed by atoms with van der Waals surface area (Å²) in [4.78, 5) is 10.3. The van der Waals surface area contributed by atoms with Gasteiger partial charge in [0.15, 0.2) is 5.75 Å². The van der Waals surface area contributed by atoms with Gasteiger partial charge in [-0.15, -0.1) is 0 Å². The average Bonchev–Trinajstić information content (AvgIpc) is 2.26. The Morgan fingerprint density at radius 1 is 1.33 bits per heavy atom. The zero-order valence-electron chi connectivity index (χ0n) is 8.97. The van der Waals surface area contributed by atoms with Crippen LogP contribution in [0.2, 0.25) is 0 Å². The summed E-state index contributed by atoms with van der Waals surface area (Å²) in [5, 5.41) is 10.7. The molecule has 0 fully saturated rings. The maximum absolute atomic E-state index is 10.7. The van der Waals surface area contributed by atoms with Gasteiger partial charge in [0, 0.05) is 6.07 Å². The van der Waals surface area contributed by atoms with Crippen molar-refractivity contribution >= 4 is 5.69 Å². The zero-order valence-corrected chi connectivity index (χ0v) is 8.97. The number of hydrogen-bond donors (Lipinski definition) is 0. The molecule has 4 heteroatoms. The largest absolute Gasteiger partial charge is 0.484 e. The molecule has 0 unspecified atom stereocenters. The molecule has 0 heterocycles. The summed E-state index contributed by atoms with van der Waals surface area (Å²) in [6.07, 6.45) is 1.75. The first kappa shape index (κ1) is 11.5. The van der Waals surface area contributed by atoms with E-state index in [-0.39, 0.29) is 11.8 Å².